The number of hydrogen-bond acceptors (Lipinski definition) is 5. The first-order chi connectivity index (χ1) is 16.0. The van der Waals surface area contributed by atoms with Gasteiger partial charge in [0.05, 0.1) is 25.0 Å². The molecule has 3 aromatic carbocycles. The zero-order chi connectivity index (χ0) is 23.4. The standard InChI is InChI=1S/C26H23FN2O4/c1-3-15-33-22-6-4-5-19(16-22)28-24-23(17-7-13-21(32-2)14-8-17)25(30)29(26(24)31)20-11-9-18(27)10-12-20/h4-14,16,28H,3,15H2,1-2H3. The molecule has 7 heteroatoms. The molecule has 168 valence electrons. The Balaban J connectivity index is 1.75. The fourth-order valence-electron chi connectivity index (χ4n) is 3.52. The molecule has 0 bridgehead atoms. The quantitative estimate of drug-likeness (QED) is 0.492. The zero-order valence-corrected chi connectivity index (χ0v) is 18.3. The maximum Gasteiger partial charge on any atom is 0.282 e. The Morgan fingerprint density at radius 2 is 1.64 bits per heavy atom. The van der Waals surface area contributed by atoms with Crippen LogP contribution in [0.15, 0.2) is 78.5 Å². The molecule has 0 aromatic heterocycles. The lowest BCUT2D eigenvalue weighted by molar-refractivity contribution is -0.120. The smallest absolute Gasteiger partial charge is 0.282 e. The van der Waals surface area contributed by atoms with E-state index in [9.17, 15) is 14.0 Å². The summed E-state index contributed by atoms with van der Waals surface area (Å²) in [5.41, 5.74) is 1.79. The lowest BCUT2D eigenvalue weighted by Crippen LogP contribution is -2.32. The van der Waals surface area contributed by atoms with Gasteiger partial charge >= 0.3 is 0 Å². The normalized spacial score (nSPS) is 13.5. The lowest BCUT2D eigenvalue weighted by atomic mass is 10.0. The molecule has 0 spiro atoms. The van der Waals surface area contributed by atoms with Gasteiger partial charge in [0.2, 0.25) is 0 Å². The van der Waals surface area contributed by atoms with Crippen LogP contribution >= 0.6 is 0 Å². The van der Waals surface area contributed by atoms with Crippen molar-refractivity contribution in [2.45, 2.75) is 13.3 Å². The van der Waals surface area contributed by atoms with E-state index in [4.69, 9.17) is 9.47 Å². The van der Waals surface area contributed by atoms with Crippen LogP contribution in [-0.2, 0) is 9.59 Å². The third-order valence-electron chi connectivity index (χ3n) is 5.12. The Morgan fingerprint density at radius 3 is 2.30 bits per heavy atom. The molecule has 1 heterocycles. The highest BCUT2D eigenvalue weighted by Crippen LogP contribution is 2.34. The van der Waals surface area contributed by atoms with Gasteiger partial charge in [-0.2, -0.15) is 0 Å². The minimum absolute atomic E-state index is 0.127. The molecule has 0 fully saturated rings. The van der Waals surface area contributed by atoms with Crippen LogP contribution in [0.25, 0.3) is 5.57 Å². The monoisotopic (exact) mass is 446 g/mol. The number of anilines is 2. The van der Waals surface area contributed by atoms with Crippen molar-refractivity contribution in [3.8, 4) is 11.5 Å². The number of ether oxygens (including phenoxy) is 2. The van der Waals surface area contributed by atoms with Gasteiger partial charge in [-0.05, 0) is 60.5 Å². The second kappa shape index (κ2) is 9.56. The molecule has 0 saturated carbocycles. The number of hydrogen-bond donors (Lipinski definition) is 1. The molecule has 0 saturated heterocycles. The van der Waals surface area contributed by atoms with Crippen LogP contribution in [0.4, 0.5) is 15.8 Å². The Hall–Kier alpha value is -4.13. The van der Waals surface area contributed by atoms with Crippen LogP contribution in [0.1, 0.15) is 18.9 Å². The van der Waals surface area contributed by atoms with Crippen molar-refractivity contribution in [2.75, 3.05) is 23.9 Å². The third kappa shape index (κ3) is 4.57. The lowest BCUT2D eigenvalue weighted by Gasteiger charge is -2.15. The molecule has 33 heavy (non-hydrogen) atoms. The Morgan fingerprint density at radius 1 is 0.909 bits per heavy atom. The molecule has 1 aliphatic heterocycles. The SMILES string of the molecule is CCCOc1cccc(NC2=C(c3ccc(OC)cc3)C(=O)N(c3ccc(F)cc3)C2=O)c1. The molecule has 0 unspecified atom stereocenters. The fourth-order valence-corrected chi connectivity index (χ4v) is 3.52. The van der Waals surface area contributed by atoms with Gasteiger partial charge in [0.15, 0.2) is 0 Å². The Bertz CT molecular complexity index is 1200. The number of nitrogens with zero attached hydrogens (tertiary/aromatic N) is 1. The topological polar surface area (TPSA) is 67.9 Å². The third-order valence-corrected chi connectivity index (χ3v) is 5.12. The molecule has 1 N–H and O–H groups in total. The predicted molar refractivity (Wildman–Crippen MR) is 125 cm³/mol. The molecular formula is C26H23FN2O4. The molecule has 0 aliphatic carbocycles. The van der Waals surface area contributed by atoms with Crippen LogP contribution in [0.5, 0.6) is 11.5 Å². The average molecular weight is 446 g/mol. The van der Waals surface area contributed by atoms with Gasteiger partial charge in [-0.15, -0.1) is 0 Å². The maximum atomic E-state index is 13.4. The van der Waals surface area contributed by atoms with E-state index in [1.54, 1.807) is 49.6 Å². The van der Waals surface area contributed by atoms with Gasteiger partial charge in [0.1, 0.15) is 23.0 Å². The summed E-state index contributed by atoms with van der Waals surface area (Å²) < 4.78 is 24.3. The van der Waals surface area contributed by atoms with Crippen LogP contribution in [0.2, 0.25) is 0 Å². The van der Waals surface area contributed by atoms with E-state index < -0.39 is 17.6 Å². The summed E-state index contributed by atoms with van der Waals surface area (Å²) in [5.74, 6) is -0.208. The molecule has 1 aliphatic rings. The van der Waals surface area contributed by atoms with E-state index in [-0.39, 0.29) is 17.0 Å². The van der Waals surface area contributed by atoms with Crippen LogP contribution in [0, 0.1) is 5.82 Å². The van der Waals surface area contributed by atoms with Crippen molar-refractivity contribution in [3.63, 3.8) is 0 Å². The molecular weight excluding hydrogens is 423 g/mol. The number of rotatable bonds is 8. The number of amides is 2. The first kappa shape index (κ1) is 22.1. The molecule has 4 rings (SSSR count). The van der Waals surface area contributed by atoms with Crippen molar-refractivity contribution >= 4 is 28.8 Å². The Labute approximate surface area is 191 Å². The van der Waals surface area contributed by atoms with Crippen LogP contribution in [-0.4, -0.2) is 25.5 Å². The number of benzene rings is 3. The van der Waals surface area contributed by atoms with Gasteiger partial charge in [-0.1, -0.05) is 25.1 Å². The van der Waals surface area contributed by atoms with Crippen LogP contribution in [0.3, 0.4) is 0 Å². The predicted octanol–water partition coefficient (Wildman–Crippen LogP) is 5.02. The number of imide groups is 1. The minimum atomic E-state index is -0.530. The fraction of sp³-hybridized carbons (Fsp3) is 0.154. The summed E-state index contributed by atoms with van der Waals surface area (Å²) in [4.78, 5) is 27.9. The summed E-state index contributed by atoms with van der Waals surface area (Å²) in [6.45, 7) is 2.58. The highest BCUT2D eigenvalue weighted by molar-refractivity contribution is 6.46. The number of halogens is 1. The van der Waals surface area contributed by atoms with E-state index >= 15 is 0 Å². The highest BCUT2D eigenvalue weighted by atomic mass is 19.1. The van der Waals surface area contributed by atoms with E-state index in [1.165, 1.54) is 24.3 Å². The first-order valence-corrected chi connectivity index (χ1v) is 10.5. The molecule has 3 aromatic rings. The Kier molecular flexibility index (Phi) is 6.40. The van der Waals surface area contributed by atoms with Crippen LogP contribution < -0.4 is 19.7 Å². The van der Waals surface area contributed by atoms with Crippen molar-refractivity contribution in [1.29, 1.82) is 0 Å². The van der Waals surface area contributed by atoms with Gasteiger partial charge in [-0.3, -0.25) is 9.59 Å². The van der Waals surface area contributed by atoms with Crippen molar-refractivity contribution in [2.24, 2.45) is 0 Å². The van der Waals surface area contributed by atoms with Crippen molar-refractivity contribution in [1.82, 2.24) is 0 Å². The second-order valence-electron chi connectivity index (χ2n) is 7.40. The molecule has 0 atom stereocenters. The van der Waals surface area contributed by atoms with E-state index in [2.05, 4.69) is 5.32 Å². The summed E-state index contributed by atoms with van der Waals surface area (Å²) in [6.07, 6.45) is 0.865. The van der Waals surface area contributed by atoms with Gasteiger partial charge in [-0.25, -0.2) is 9.29 Å². The minimum Gasteiger partial charge on any atom is -0.497 e. The summed E-state index contributed by atoms with van der Waals surface area (Å²) in [6, 6.07) is 19.3. The van der Waals surface area contributed by atoms with Gasteiger partial charge < -0.3 is 14.8 Å². The van der Waals surface area contributed by atoms with Crippen molar-refractivity contribution < 1.29 is 23.5 Å². The average Bonchev–Trinajstić information content (AvgIpc) is 3.08. The van der Waals surface area contributed by atoms with Crippen molar-refractivity contribution in [3.05, 3.63) is 89.9 Å². The molecule has 2 amide bonds. The number of nitrogens with one attached hydrogen (secondary N) is 1. The number of carbonyl (C=O) groups is 2. The van der Waals surface area contributed by atoms with Gasteiger partial charge in [0, 0.05) is 11.8 Å². The van der Waals surface area contributed by atoms with E-state index in [0.29, 0.717) is 29.4 Å². The number of carbonyl (C=O) groups excluding carboxylic acids is 2. The van der Waals surface area contributed by atoms with E-state index in [0.717, 1.165) is 11.3 Å². The summed E-state index contributed by atoms with van der Waals surface area (Å²) >= 11 is 0. The number of methoxy groups -OCH3 is 1. The first-order valence-electron chi connectivity index (χ1n) is 10.5. The van der Waals surface area contributed by atoms with Gasteiger partial charge in [0.25, 0.3) is 11.8 Å². The summed E-state index contributed by atoms with van der Waals surface area (Å²) in [7, 11) is 1.55. The largest absolute Gasteiger partial charge is 0.497 e. The molecule has 6 nitrogen and oxygen atoms in total. The second-order valence-corrected chi connectivity index (χ2v) is 7.40. The highest BCUT2D eigenvalue weighted by Gasteiger charge is 2.40. The summed E-state index contributed by atoms with van der Waals surface area (Å²) in [5, 5.41) is 3.11. The zero-order valence-electron chi connectivity index (χ0n) is 18.3. The van der Waals surface area contributed by atoms with E-state index in [1.807, 2.05) is 13.0 Å². The maximum absolute atomic E-state index is 13.4. The molecule has 0 radical (unpaired) electrons.